The van der Waals surface area contributed by atoms with E-state index in [0.29, 0.717) is 29.2 Å². The van der Waals surface area contributed by atoms with Crippen LogP contribution in [0.25, 0.3) is 11.1 Å². The van der Waals surface area contributed by atoms with Gasteiger partial charge in [-0.3, -0.25) is 4.79 Å². The first-order valence-corrected chi connectivity index (χ1v) is 11.5. The molecule has 3 aromatic rings. The Balaban J connectivity index is 1.47. The van der Waals surface area contributed by atoms with Crippen molar-refractivity contribution in [1.82, 2.24) is 5.32 Å². The molecule has 9 heteroatoms. The van der Waals surface area contributed by atoms with Crippen molar-refractivity contribution in [2.24, 2.45) is 0 Å². The van der Waals surface area contributed by atoms with Crippen LogP contribution in [0.1, 0.15) is 6.42 Å². The number of benzene rings is 3. The van der Waals surface area contributed by atoms with Crippen LogP contribution in [0, 0.1) is 0 Å². The third kappa shape index (κ3) is 3.89. The van der Waals surface area contributed by atoms with E-state index in [0.717, 1.165) is 16.2 Å². The van der Waals surface area contributed by atoms with E-state index in [1.165, 1.54) is 14.2 Å². The van der Waals surface area contributed by atoms with Crippen LogP contribution in [0.15, 0.2) is 66.7 Å². The number of hydrogen-bond acceptors (Lipinski definition) is 6. The molecule has 2 N–H and O–H groups in total. The van der Waals surface area contributed by atoms with Crippen molar-refractivity contribution in [3.8, 4) is 28.4 Å². The number of para-hydroxylation sites is 1. The van der Waals surface area contributed by atoms with Crippen LogP contribution >= 0.6 is 11.6 Å². The average Bonchev–Trinajstić information content (AvgIpc) is 3.20. The molecule has 0 spiro atoms. The summed E-state index contributed by atoms with van der Waals surface area (Å²) in [6.45, 7) is 0. The number of hydrogen-bond donors (Lipinski definition) is 2. The van der Waals surface area contributed by atoms with Crippen molar-refractivity contribution in [2.75, 3.05) is 24.0 Å². The normalized spacial score (nSPS) is 21.5. The fourth-order valence-corrected chi connectivity index (χ4v) is 5.18. The lowest BCUT2D eigenvalue weighted by atomic mass is 10.0. The van der Waals surface area contributed by atoms with E-state index >= 15 is 0 Å². The zero-order valence-corrected chi connectivity index (χ0v) is 19.9. The molecular formula is C26H24ClN3O5. The van der Waals surface area contributed by atoms with Crippen molar-refractivity contribution >= 4 is 34.9 Å². The highest BCUT2D eigenvalue weighted by atomic mass is 35.5. The first-order valence-electron chi connectivity index (χ1n) is 11.1. The number of carbonyl (C=O) groups excluding carboxylic acids is 2. The Morgan fingerprint density at radius 3 is 2.43 bits per heavy atom. The summed E-state index contributed by atoms with van der Waals surface area (Å²) < 4.78 is 10.5. The summed E-state index contributed by atoms with van der Waals surface area (Å²) in [6, 6.07) is 17.9. The number of ether oxygens (including phenoxy) is 2. The molecule has 3 unspecified atom stereocenters. The van der Waals surface area contributed by atoms with Gasteiger partial charge >= 0.3 is 6.03 Å². The van der Waals surface area contributed by atoms with Gasteiger partial charge in [-0.05, 0) is 35.9 Å². The molecule has 0 aromatic heterocycles. The topological polar surface area (TPSA) is 91.3 Å². The molecule has 2 fully saturated rings. The van der Waals surface area contributed by atoms with Crippen LogP contribution in [0.2, 0.25) is 0 Å². The van der Waals surface area contributed by atoms with Gasteiger partial charge < -0.3 is 24.8 Å². The number of anilines is 2. The van der Waals surface area contributed by atoms with Crippen molar-refractivity contribution in [3.05, 3.63) is 66.7 Å². The SMILES string of the molecule is COc1cccc(N2C(=O)NC3CC(Cl)N(c4ccc(-c5cccc(OC)c5O)cc4)C3C2=O)c1. The number of urea groups is 1. The van der Waals surface area contributed by atoms with Crippen LogP contribution < -0.4 is 24.6 Å². The fourth-order valence-electron chi connectivity index (χ4n) is 4.75. The number of methoxy groups -OCH3 is 2. The highest BCUT2D eigenvalue weighted by Gasteiger charge is 2.51. The number of alkyl halides is 1. The summed E-state index contributed by atoms with van der Waals surface area (Å²) in [5, 5.41) is 13.4. The average molecular weight is 494 g/mol. The minimum atomic E-state index is -0.669. The van der Waals surface area contributed by atoms with Gasteiger partial charge in [0.1, 0.15) is 17.3 Å². The molecule has 2 aliphatic heterocycles. The molecule has 0 bridgehead atoms. The standard InChI is InChI=1S/C26H24ClN3O5/c1-34-18-6-3-5-17(13-18)30-25(32)23-20(28-26(30)33)14-22(27)29(23)16-11-9-15(10-12-16)19-7-4-8-21(35-2)24(19)31/h3-13,20,22-23,31H,14H2,1-2H3,(H,28,33). The van der Waals surface area contributed by atoms with Gasteiger partial charge in [0.25, 0.3) is 5.91 Å². The molecule has 0 saturated carbocycles. The molecule has 8 nitrogen and oxygen atoms in total. The van der Waals surface area contributed by atoms with E-state index in [2.05, 4.69) is 5.32 Å². The number of nitrogens with zero attached hydrogens (tertiary/aromatic N) is 2. The molecule has 2 aliphatic rings. The van der Waals surface area contributed by atoms with Gasteiger partial charge in [-0.2, -0.15) is 0 Å². The number of fused-ring (bicyclic) bond motifs is 1. The summed E-state index contributed by atoms with van der Waals surface area (Å²) in [5.74, 6) is 0.624. The quantitative estimate of drug-likeness (QED) is 0.406. The number of rotatable bonds is 5. The van der Waals surface area contributed by atoms with E-state index in [9.17, 15) is 14.7 Å². The summed E-state index contributed by atoms with van der Waals surface area (Å²) >= 11 is 6.69. The number of carbonyl (C=O) groups is 2. The van der Waals surface area contributed by atoms with E-state index in [-0.39, 0.29) is 11.7 Å². The van der Waals surface area contributed by atoms with Gasteiger partial charge in [-0.15, -0.1) is 0 Å². The number of nitrogens with one attached hydrogen (secondary N) is 1. The minimum Gasteiger partial charge on any atom is -0.504 e. The molecule has 0 aliphatic carbocycles. The number of phenols is 1. The number of amides is 3. The van der Waals surface area contributed by atoms with Crippen molar-refractivity contribution in [3.63, 3.8) is 0 Å². The zero-order chi connectivity index (χ0) is 24.7. The van der Waals surface area contributed by atoms with Crippen molar-refractivity contribution < 1.29 is 24.2 Å². The molecule has 2 heterocycles. The Morgan fingerprint density at radius 2 is 1.71 bits per heavy atom. The summed E-state index contributed by atoms with van der Waals surface area (Å²) in [6.07, 6.45) is 0.425. The molecule has 3 amide bonds. The lowest BCUT2D eigenvalue weighted by Crippen LogP contribution is -2.64. The number of aromatic hydroxyl groups is 1. The van der Waals surface area contributed by atoms with E-state index < -0.39 is 23.6 Å². The van der Waals surface area contributed by atoms with Crippen LogP contribution in [0.4, 0.5) is 16.2 Å². The predicted octanol–water partition coefficient (Wildman–Crippen LogP) is 4.35. The second-order valence-electron chi connectivity index (χ2n) is 8.36. The third-order valence-electron chi connectivity index (χ3n) is 6.42. The lowest BCUT2D eigenvalue weighted by Gasteiger charge is -2.38. The van der Waals surface area contributed by atoms with Gasteiger partial charge in [-0.25, -0.2) is 9.69 Å². The van der Waals surface area contributed by atoms with Gasteiger partial charge in [0.05, 0.1) is 25.9 Å². The Bertz CT molecular complexity index is 1280. The predicted molar refractivity (Wildman–Crippen MR) is 133 cm³/mol. The Morgan fingerprint density at radius 1 is 0.971 bits per heavy atom. The highest BCUT2D eigenvalue weighted by molar-refractivity contribution is 6.25. The second-order valence-corrected chi connectivity index (χ2v) is 8.86. The van der Waals surface area contributed by atoms with Crippen molar-refractivity contribution in [1.29, 1.82) is 0 Å². The molecule has 3 aromatic carbocycles. The van der Waals surface area contributed by atoms with Gasteiger partial charge in [0, 0.05) is 23.7 Å². The molecule has 3 atom stereocenters. The second kappa shape index (κ2) is 9.03. The molecule has 5 rings (SSSR count). The molecule has 0 radical (unpaired) electrons. The Hall–Kier alpha value is -3.91. The third-order valence-corrected chi connectivity index (χ3v) is 6.81. The number of halogens is 1. The Labute approximate surface area is 207 Å². The van der Waals surface area contributed by atoms with Gasteiger partial charge in [0.2, 0.25) is 0 Å². The Kier molecular flexibility index (Phi) is 5.90. The number of imide groups is 1. The summed E-state index contributed by atoms with van der Waals surface area (Å²) in [4.78, 5) is 29.4. The fraction of sp³-hybridized carbons (Fsp3) is 0.231. The first kappa shape index (κ1) is 22.9. The maximum absolute atomic E-state index is 13.6. The molecule has 180 valence electrons. The summed E-state index contributed by atoms with van der Waals surface area (Å²) in [5.41, 5.74) is 2.08. The van der Waals surface area contributed by atoms with Crippen LogP contribution in [-0.2, 0) is 4.79 Å². The monoisotopic (exact) mass is 493 g/mol. The van der Waals surface area contributed by atoms with Crippen LogP contribution in [-0.4, -0.2) is 48.8 Å². The van der Waals surface area contributed by atoms with Gasteiger partial charge in [-0.1, -0.05) is 41.9 Å². The first-order chi connectivity index (χ1) is 16.9. The van der Waals surface area contributed by atoms with E-state index in [1.807, 2.05) is 29.2 Å². The maximum Gasteiger partial charge on any atom is 0.329 e. The smallest absolute Gasteiger partial charge is 0.329 e. The van der Waals surface area contributed by atoms with E-state index in [4.69, 9.17) is 21.1 Å². The van der Waals surface area contributed by atoms with Crippen LogP contribution in [0.3, 0.4) is 0 Å². The molecular weight excluding hydrogens is 470 g/mol. The number of phenolic OH excluding ortho intramolecular Hbond substituents is 1. The van der Waals surface area contributed by atoms with E-state index in [1.54, 1.807) is 42.5 Å². The lowest BCUT2D eigenvalue weighted by molar-refractivity contribution is -0.120. The maximum atomic E-state index is 13.6. The highest BCUT2D eigenvalue weighted by Crippen LogP contribution is 2.40. The zero-order valence-electron chi connectivity index (χ0n) is 19.1. The molecule has 35 heavy (non-hydrogen) atoms. The minimum absolute atomic E-state index is 0.0540. The van der Waals surface area contributed by atoms with Gasteiger partial charge in [0.15, 0.2) is 11.5 Å². The largest absolute Gasteiger partial charge is 0.504 e. The van der Waals surface area contributed by atoms with Crippen molar-refractivity contribution in [2.45, 2.75) is 24.0 Å². The van der Waals surface area contributed by atoms with Crippen LogP contribution in [0.5, 0.6) is 17.2 Å². The molecule has 2 saturated heterocycles. The summed E-state index contributed by atoms with van der Waals surface area (Å²) in [7, 11) is 3.03.